The van der Waals surface area contributed by atoms with E-state index in [0.717, 1.165) is 24.0 Å². The number of benzene rings is 2. The highest BCUT2D eigenvalue weighted by atomic mass is 79.9. The second-order valence-electron chi connectivity index (χ2n) is 4.48. The molecule has 0 unspecified atom stereocenters. The SMILES string of the molecule is Fc1ccc2c(c1)/C(=C/Br)c1ccccc1CC2. The maximum atomic E-state index is 13.5. The van der Waals surface area contributed by atoms with Crippen LogP contribution in [0.5, 0.6) is 0 Å². The van der Waals surface area contributed by atoms with Gasteiger partial charge in [-0.1, -0.05) is 46.3 Å². The van der Waals surface area contributed by atoms with Crippen LogP contribution in [0, 0.1) is 5.82 Å². The van der Waals surface area contributed by atoms with Crippen molar-refractivity contribution < 1.29 is 4.39 Å². The van der Waals surface area contributed by atoms with Gasteiger partial charge in [0.25, 0.3) is 0 Å². The smallest absolute Gasteiger partial charge is 0.123 e. The Labute approximate surface area is 114 Å². The molecule has 0 bridgehead atoms. The zero-order valence-corrected chi connectivity index (χ0v) is 11.4. The fraction of sp³-hybridized carbons (Fsp3) is 0.125. The Kier molecular flexibility index (Phi) is 3.04. The summed E-state index contributed by atoms with van der Waals surface area (Å²) in [6, 6.07) is 13.4. The summed E-state index contributed by atoms with van der Waals surface area (Å²) in [7, 11) is 0. The van der Waals surface area contributed by atoms with Gasteiger partial charge in [0.15, 0.2) is 0 Å². The fourth-order valence-corrected chi connectivity index (χ4v) is 3.04. The maximum absolute atomic E-state index is 13.5. The topological polar surface area (TPSA) is 0 Å². The van der Waals surface area contributed by atoms with E-state index in [4.69, 9.17) is 0 Å². The molecule has 90 valence electrons. The Balaban J connectivity index is 2.27. The summed E-state index contributed by atoms with van der Waals surface area (Å²) in [5.74, 6) is -0.181. The molecule has 0 saturated heterocycles. The van der Waals surface area contributed by atoms with E-state index >= 15 is 0 Å². The van der Waals surface area contributed by atoms with Crippen LogP contribution in [0.1, 0.15) is 22.3 Å². The first-order valence-electron chi connectivity index (χ1n) is 5.97. The monoisotopic (exact) mass is 302 g/mol. The minimum Gasteiger partial charge on any atom is -0.207 e. The zero-order chi connectivity index (χ0) is 12.5. The Hall–Kier alpha value is -1.41. The molecule has 1 aliphatic carbocycles. The largest absolute Gasteiger partial charge is 0.207 e. The summed E-state index contributed by atoms with van der Waals surface area (Å²) in [6.07, 6.45) is 1.95. The third kappa shape index (κ3) is 1.91. The molecule has 0 saturated carbocycles. The Morgan fingerprint density at radius 2 is 1.67 bits per heavy atom. The van der Waals surface area contributed by atoms with Crippen LogP contribution < -0.4 is 0 Å². The van der Waals surface area contributed by atoms with Gasteiger partial charge in [-0.2, -0.15) is 0 Å². The number of hydrogen-bond acceptors (Lipinski definition) is 0. The molecule has 0 amide bonds. The first kappa shape index (κ1) is 11.7. The normalized spacial score (nSPS) is 16.0. The van der Waals surface area contributed by atoms with Gasteiger partial charge in [0.05, 0.1) is 0 Å². The number of fused-ring (bicyclic) bond motifs is 2. The second kappa shape index (κ2) is 4.69. The van der Waals surface area contributed by atoms with E-state index in [1.807, 2.05) is 17.1 Å². The molecule has 2 aromatic rings. The van der Waals surface area contributed by atoms with Crippen LogP contribution in [0.15, 0.2) is 47.4 Å². The van der Waals surface area contributed by atoms with Crippen LogP contribution >= 0.6 is 15.9 Å². The van der Waals surface area contributed by atoms with E-state index in [-0.39, 0.29) is 5.82 Å². The van der Waals surface area contributed by atoms with Crippen molar-refractivity contribution in [1.29, 1.82) is 0 Å². The van der Waals surface area contributed by atoms with Gasteiger partial charge >= 0.3 is 0 Å². The van der Waals surface area contributed by atoms with Gasteiger partial charge in [-0.25, -0.2) is 4.39 Å². The van der Waals surface area contributed by atoms with Crippen molar-refractivity contribution in [3.8, 4) is 0 Å². The zero-order valence-electron chi connectivity index (χ0n) is 9.79. The van der Waals surface area contributed by atoms with Gasteiger partial charge in [0.2, 0.25) is 0 Å². The van der Waals surface area contributed by atoms with E-state index in [0.29, 0.717) is 0 Å². The van der Waals surface area contributed by atoms with Gasteiger partial charge in [-0.05, 0) is 57.8 Å². The van der Waals surface area contributed by atoms with Crippen LogP contribution in [0.25, 0.3) is 5.57 Å². The van der Waals surface area contributed by atoms with Crippen LogP contribution in [0.2, 0.25) is 0 Å². The van der Waals surface area contributed by atoms with E-state index in [1.165, 1.54) is 16.7 Å². The minimum atomic E-state index is -0.181. The highest BCUT2D eigenvalue weighted by molar-refractivity contribution is 9.11. The van der Waals surface area contributed by atoms with Crippen molar-refractivity contribution in [2.24, 2.45) is 0 Å². The number of rotatable bonds is 0. The quantitative estimate of drug-likeness (QED) is 0.661. The summed E-state index contributed by atoms with van der Waals surface area (Å²) >= 11 is 3.43. The van der Waals surface area contributed by atoms with Gasteiger partial charge in [-0.15, -0.1) is 0 Å². The van der Waals surface area contributed by atoms with Gasteiger partial charge in [0.1, 0.15) is 5.82 Å². The van der Waals surface area contributed by atoms with Crippen molar-refractivity contribution in [3.63, 3.8) is 0 Å². The third-order valence-corrected chi connectivity index (χ3v) is 3.90. The maximum Gasteiger partial charge on any atom is 0.123 e. The van der Waals surface area contributed by atoms with Crippen molar-refractivity contribution in [1.82, 2.24) is 0 Å². The van der Waals surface area contributed by atoms with Crippen molar-refractivity contribution in [3.05, 3.63) is 75.5 Å². The molecule has 2 aromatic carbocycles. The molecule has 0 atom stereocenters. The number of hydrogen-bond donors (Lipinski definition) is 0. The predicted molar refractivity (Wildman–Crippen MR) is 76.3 cm³/mol. The van der Waals surface area contributed by atoms with Crippen LogP contribution in [0.4, 0.5) is 4.39 Å². The summed E-state index contributed by atoms with van der Waals surface area (Å²) in [5, 5.41) is 0. The lowest BCUT2D eigenvalue weighted by molar-refractivity contribution is 0.626. The van der Waals surface area contributed by atoms with Crippen LogP contribution in [0.3, 0.4) is 0 Å². The Morgan fingerprint density at radius 1 is 0.944 bits per heavy atom. The molecular weight excluding hydrogens is 291 g/mol. The molecule has 3 rings (SSSR count). The lowest BCUT2D eigenvalue weighted by Crippen LogP contribution is -1.92. The first-order valence-corrected chi connectivity index (χ1v) is 6.88. The van der Waals surface area contributed by atoms with Crippen molar-refractivity contribution in [2.45, 2.75) is 12.8 Å². The lowest BCUT2D eigenvalue weighted by atomic mass is 9.95. The molecule has 0 N–H and O–H groups in total. The highest BCUT2D eigenvalue weighted by Crippen LogP contribution is 2.34. The molecule has 0 aromatic heterocycles. The molecule has 18 heavy (non-hydrogen) atoms. The van der Waals surface area contributed by atoms with Crippen LogP contribution in [-0.4, -0.2) is 0 Å². The Bertz CT molecular complexity index is 629. The average Bonchev–Trinajstić information content (AvgIpc) is 2.54. The fourth-order valence-electron chi connectivity index (χ4n) is 2.55. The second-order valence-corrected chi connectivity index (χ2v) is 4.94. The van der Waals surface area contributed by atoms with E-state index in [2.05, 4.69) is 34.1 Å². The van der Waals surface area contributed by atoms with Crippen molar-refractivity contribution in [2.75, 3.05) is 0 Å². The molecule has 0 spiro atoms. The predicted octanol–water partition coefficient (Wildman–Crippen LogP) is 4.71. The minimum absolute atomic E-state index is 0.181. The number of aryl methyl sites for hydroxylation is 2. The van der Waals surface area contributed by atoms with E-state index in [1.54, 1.807) is 12.1 Å². The molecule has 0 aliphatic heterocycles. The molecule has 1 aliphatic rings. The lowest BCUT2D eigenvalue weighted by Gasteiger charge is -2.10. The summed E-state index contributed by atoms with van der Waals surface area (Å²) in [5.41, 5.74) is 5.78. The van der Waals surface area contributed by atoms with Gasteiger partial charge in [0, 0.05) is 0 Å². The highest BCUT2D eigenvalue weighted by Gasteiger charge is 2.17. The first-order chi connectivity index (χ1) is 8.79. The van der Waals surface area contributed by atoms with E-state index in [9.17, 15) is 4.39 Å². The molecular formula is C16H12BrF. The molecule has 0 fully saturated rings. The summed E-state index contributed by atoms with van der Waals surface area (Å²) < 4.78 is 13.5. The van der Waals surface area contributed by atoms with Gasteiger partial charge < -0.3 is 0 Å². The molecule has 0 nitrogen and oxygen atoms in total. The average molecular weight is 303 g/mol. The molecule has 2 heteroatoms. The number of halogens is 2. The van der Waals surface area contributed by atoms with Crippen molar-refractivity contribution >= 4 is 21.5 Å². The molecule has 0 heterocycles. The van der Waals surface area contributed by atoms with Gasteiger partial charge in [-0.3, -0.25) is 0 Å². The van der Waals surface area contributed by atoms with E-state index < -0.39 is 0 Å². The third-order valence-electron chi connectivity index (χ3n) is 3.44. The Morgan fingerprint density at radius 3 is 2.44 bits per heavy atom. The summed E-state index contributed by atoms with van der Waals surface area (Å²) in [6.45, 7) is 0. The molecule has 0 radical (unpaired) electrons. The summed E-state index contributed by atoms with van der Waals surface area (Å²) in [4.78, 5) is 1.90. The standard InChI is InChI=1S/C16H12BrF/c17-10-16-14-4-2-1-3-11(14)5-6-12-7-8-13(18)9-15(12)16/h1-4,7-10H,5-6H2/b16-10+. The van der Waals surface area contributed by atoms with Crippen LogP contribution in [-0.2, 0) is 12.8 Å².